The van der Waals surface area contributed by atoms with Crippen LogP contribution >= 0.6 is 11.6 Å². The predicted octanol–water partition coefficient (Wildman–Crippen LogP) is 3.75. The van der Waals surface area contributed by atoms with E-state index < -0.39 is 6.10 Å². The van der Waals surface area contributed by atoms with Gasteiger partial charge in [0.1, 0.15) is 11.5 Å². The summed E-state index contributed by atoms with van der Waals surface area (Å²) in [4.78, 5) is 12.1. The number of hydrogen-bond donors (Lipinski definition) is 1. The van der Waals surface area contributed by atoms with Gasteiger partial charge in [-0.1, -0.05) is 17.7 Å². The van der Waals surface area contributed by atoms with Crippen molar-refractivity contribution < 1.29 is 14.3 Å². The lowest BCUT2D eigenvalue weighted by atomic mass is 10.2. The molecule has 1 N–H and O–H groups in total. The van der Waals surface area contributed by atoms with Crippen molar-refractivity contribution in [3.05, 3.63) is 53.6 Å². The van der Waals surface area contributed by atoms with Crippen LogP contribution in [0.4, 0.5) is 5.69 Å². The Morgan fingerprint density at radius 1 is 1.14 bits per heavy atom. The Bertz CT molecular complexity index is 613. The molecule has 0 bridgehead atoms. The van der Waals surface area contributed by atoms with Gasteiger partial charge in [-0.25, -0.2) is 0 Å². The molecule has 2 rings (SSSR count). The molecule has 0 aliphatic carbocycles. The van der Waals surface area contributed by atoms with E-state index in [0.717, 1.165) is 5.75 Å². The molecule has 21 heavy (non-hydrogen) atoms. The highest BCUT2D eigenvalue weighted by atomic mass is 35.5. The summed E-state index contributed by atoms with van der Waals surface area (Å²) in [6.45, 7) is 1.68. The van der Waals surface area contributed by atoms with Crippen molar-refractivity contribution in [3.8, 4) is 11.5 Å². The Morgan fingerprint density at radius 3 is 2.48 bits per heavy atom. The van der Waals surface area contributed by atoms with E-state index in [9.17, 15) is 4.79 Å². The van der Waals surface area contributed by atoms with Crippen LogP contribution in [-0.2, 0) is 4.79 Å². The quantitative estimate of drug-likeness (QED) is 0.915. The number of anilines is 1. The number of halogens is 1. The molecule has 0 aliphatic heterocycles. The van der Waals surface area contributed by atoms with Crippen LogP contribution in [0.1, 0.15) is 6.92 Å². The molecule has 0 aliphatic rings. The van der Waals surface area contributed by atoms with E-state index >= 15 is 0 Å². The van der Waals surface area contributed by atoms with E-state index in [1.165, 1.54) is 0 Å². The Kier molecular flexibility index (Phi) is 5.06. The number of carbonyl (C=O) groups excluding carboxylic acids is 1. The van der Waals surface area contributed by atoms with E-state index in [4.69, 9.17) is 21.1 Å². The van der Waals surface area contributed by atoms with Crippen molar-refractivity contribution in [2.45, 2.75) is 13.0 Å². The summed E-state index contributed by atoms with van der Waals surface area (Å²) in [5.74, 6) is 1.05. The monoisotopic (exact) mass is 305 g/mol. The molecule has 0 spiro atoms. The van der Waals surface area contributed by atoms with Crippen molar-refractivity contribution in [1.29, 1.82) is 0 Å². The molecule has 0 saturated carbocycles. The molecular formula is C16H16ClNO3. The second-order valence-corrected chi connectivity index (χ2v) is 4.87. The van der Waals surface area contributed by atoms with Crippen molar-refractivity contribution in [2.75, 3.05) is 12.4 Å². The van der Waals surface area contributed by atoms with Gasteiger partial charge in [0.25, 0.3) is 5.91 Å². The van der Waals surface area contributed by atoms with E-state index in [2.05, 4.69) is 5.32 Å². The van der Waals surface area contributed by atoms with Gasteiger partial charge in [0.05, 0.1) is 7.11 Å². The van der Waals surface area contributed by atoms with Crippen LogP contribution in [0.25, 0.3) is 0 Å². The van der Waals surface area contributed by atoms with Crippen LogP contribution in [-0.4, -0.2) is 19.1 Å². The summed E-state index contributed by atoms with van der Waals surface area (Å²) in [5, 5.41) is 3.34. The maximum Gasteiger partial charge on any atom is 0.265 e. The number of carbonyl (C=O) groups is 1. The lowest BCUT2D eigenvalue weighted by Crippen LogP contribution is -2.30. The molecule has 2 aromatic rings. The highest BCUT2D eigenvalue weighted by Gasteiger charge is 2.15. The van der Waals surface area contributed by atoms with Gasteiger partial charge in [0.2, 0.25) is 0 Å². The molecule has 1 amide bonds. The maximum atomic E-state index is 12.1. The highest BCUT2D eigenvalue weighted by molar-refractivity contribution is 6.30. The molecule has 0 radical (unpaired) electrons. The Hall–Kier alpha value is -2.20. The molecule has 0 fully saturated rings. The predicted molar refractivity (Wildman–Crippen MR) is 83.2 cm³/mol. The number of methoxy groups -OCH3 is 1. The first-order valence-corrected chi connectivity index (χ1v) is 6.83. The van der Waals surface area contributed by atoms with E-state index in [1.54, 1.807) is 62.6 Å². The second kappa shape index (κ2) is 6.99. The van der Waals surface area contributed by atoms with Crippen LogP contribution in [0.15, 0.2) is 48.5 Å². The summed E-state index contributed by atoms with van der Waals surface area (Å²) in [6.07, 6.45) is -0.634. The van der Waals surface area contributed by atoms with Crippen molar-refractivity contribution in [2.24, 2.45) is 0 Å². The first-order valence-electron chi connectivity index (χ1n) is 6.45. The summed E-state index contributed by atoms with van der Waals surface area (Å²) in [5.41, 5.74) is 0.683. The molecular weight excluding hydrogens is 290 g/mol. The van der Waals surface area contributed by atoms with Gasteiger partial charge in [-0.2, -0.15) is 0 Å². The smallest absolute Gasteiger partial charge is 0.265 e. The Morgan fingerprint density at radius 2 is 1.86 bits per heavy atom. The summed E-state index contributed by atoms with van der Waals surface area (Å²) in [7, 11) is 1.59. The summed E-state index contributed by atoms with van der Waals surface area (Å²) < 4.78 is 10.6. The number of rotatable bonds is 5. The minimum atomic E-state index is -0.634. The highest BCUT2D eigenvalue weighted by Crippen LogP contribution is 2.19. The third kappa shape index (κ3) is 4.39. The van der Waals surface area contributed by atoms with E-state index in [1.807, 2.05) is 0 Å². The maximum absolute atomic E-state index is 12.1. The molecule has 110 valence electrons. The molecule has 1 unspecified atom stereocenters. The lowest BCUT2D eigenvalue weighted by Gasteiger charge is -2.15. The zero-order chi connectivity index (χ0) is 15.2. The molecule has 5 heteroatoms. The number of nitrogens with one attached hydrogen (secondary N) is 1. The zero-order valence-electron chi connectivity index (χ0n) is 11.8. The third-order valence-corrected chi connectivity index (χ3v) is 3.07. The standard InChI is InChI=1S/C16H16ClNO3/c1-11(21-15-5-3-4-12(17)10-15)16(19)18-13-6-8-14(20-2)9-7-13/h3-11H,1-2H3,(H,18,19). The first kappa shape index (κ1) is 15.2. The SMILES string of the molecule is COc1ccc(NC(=O)C(C)Oc2cccc(Cl)c2)cc1. The Labute approximate surface area is 128 Å². The van der Waals surface area contributed by atoms with Crippen LogP contribution in [0.2, 0.25) is 5.02 Å². The third-order valence-electron chi connectivity index (χ3n) is 2.84. The summed E-state index contributed by atoms with van der Waals surface area (Å²) >= 11 is 5.87. The molecule has 1 atom stereocenters. The largest absolute Gasteiger partial charge is 0.497 e. The van der Waals surface area contributed by atoms with Gasteiger partial charge < -0.3 is 14.8 Å². The van der Waals surface area contributed by atoms with Gasteiger partial charge >= 0.3 is 0 Å². The van der Waals surface area contributed by atoms with Gasteiger partial charge in [0.15, 0.2) is 6.10 Å². The number of benzene rings is 2. The van der Waals surface area contributed by atoms with Gasteiger partial charge in [-0.15, -0.1) is 0 Å². The molecule has 0 aromatic heterocycles. The average Bonchev–Trinajstić information content (AvgIpc) is 2.48. The van der Waals surface area contributed by atoms with Crippen LogP contribution in [0, 0.1) is 0 Å². The number of ether oxygens (including phenoxy) is 2. The van der Waals surface area contributed by atoms with E-state index in [0.29, 0.717) is 16.5 Å². The van der Waals surface area contributed by atoms with Crippen molar-refractivity contribution >= 4 is 23.2 Å². The normalized spacial score (nSPS) is 11.6. The first-order chi connectivity index (χ1) is 10.1. The van der Waals surface area contributed by atoms with Crippen LogP contribution < -0.4 is 14.8 Å². The minimum absolute atomic E-state index is 0.236. The number of amides is 1. The fourth-order valence-electron chi connectivity index (χ4n) is 1.72. The average molecular weight is 306 g/mol. The molecule has 0 heterocycles. The van der Waals surface area contributed by atoms with Gasteiger partial charge in [0, 0.05) is 10.7 Å². The summed E-state index contributed by atoms with van der Waals surface area (Å²) in [6, 6.07) is 14.0. The zero-order valence-corrected chi connectivity index (χ0v) is 12.6. The van der Waals surface area contributed by atoms with Gasteiger partial charge in [-0.3, -0.25) is 4.79 Å². The fraction of sp³-hybridized carbons (Fsp3) is 0.188. The Balaban J connectivity index is 1.95. The minimum Gasteiger partial charge on any atom is -0.497 e. The van der Waals surface area contributed by atoms with Crippen LogP contribution in [0.5, 0.6) is 11.5 Å². The number of hydrogen-bond acceptors (Lipinski definition) is 3. The second-order valence-electron chi connectivity index (χ2n) is 4.44. The van der Waals surface area contributed by atoms with Crippen LogP contribution in [0.3, 0.4) is 0 Å². The molecule has 0 saturated heterocycles. The fourth-order valence-corrected chi connectivity index (χ4v) is 1.90. The lowest BCUT2D eigenvalue weighted by molar-refractivity contribution is -0.122. The molecule has 4 nitrogen and oxygen atoms in total. The van der Waals surface area contributed by atoms with Crippen molar-refractivity contribution in [3.63, 3.8) is 0 Å². The van der Waals surface area contributed by atoms with E-state index in [-0.39, 0.29) is 5.91 Å². The molecule has 2 aromatic carbocycles. The topological polar surface area (TPSA) is 47.6 Å². The van der Waals surface area contributed by atoms with Crippen molar-refractivity contribution in [1.82, 2.24) is 0 Å². The van der Waals surface area contributed by atoms with Gasteiger partial charge in [-0.05, 0) is 49.4 Å².